The van der Waals surface area contributed by atoms with Gasteiger partial charge < -0.3 is 19.8 Å². The van der Waals surface area contributed by atoms with Gasteiger partial charge in [0.2, 0.25) is 0 Å². The average molecular weight is 238 g/mol. The van der Waals surface area contributed by atoms with Gasteiger partial charge in [0.1, 0.15) is 17.6 Å². The lowest BCUT2D eigenvalue weighted by atomic mass is 10.2. The van der Waals surface area contributed by atoms with Crippen LogP contribution in [0.2, 0.25) is 0 Å². The molecule has 0 spiro atoms. The highest BCUT2D eigenvalue weighted by Gasteiger charge is 2.23. The fourth-order valence-corrected chi connectivity index (χ4v) is 1.80. The van der Waals surface area contributed by atoms with Gasteiger partial charge in [-0.25, -0.2) is 0 Å². The van der Waals surface area contributed by atoms with E-state index in [1.165, 1.54) is 0 Å². The van der Waals surface area contributed by atoms with E-state index in [1.807, 2.05) is 26.0 Å². The fraction of sp³-hybridized carbons (Fsp3) is 0.583. The zero-order valence-corrected chi connectivity index (χ0v) is 10.2. The summed E-state index contributed by atoms with van der Waals surface area (Å²) in [6.45, 7) is 5.72. The quantitative estimate of drug-likeness (QED) is 0.815. The summed E-state index contributed by atoms with van der Waals surface area (Å²) >= 11 is 0. The van der Waals surface area contributed by atoms with Gasteiger partial charge in [-0.05, 0) is 26.0 Å². The summed E-state index contributed by atoms with van der Waals surface area (Å²) in [6.07, 6.45) is -0.401. The van der Waals surface area contributed by atoms with Crippen molar-refractivity contribution in [2.45, 2.75) is 26.0 Å². The van der Waals surface area contributed by atoms with Crippen molar-refractivity contribution in [1.82, 2.24) is 10.6 Å². The number of aryl methyl sites for hydroxylation is 1. The molecule has 0 aromatic carbocycles. The van der Waals surface area contributed by atoms with E-state index in [2.05, 4.69) is 10.6 Å². The number of hydrogen-bond donors (Lipinski definition) is 2. The summed E-state index contributed by atoms with van der Waals surface area (Å²) in [4.78, 5) is 11.9. The number of amides is 1. The molecular formula is C12H18N2O3. The predicted molar refractivity (Wildman–Crippen MR) is 62.6 cm³/mol. The molecule has 1 aliphatic heterocycles. The zero-order chi connectivity index (χ0) is 12.3. The van der Waals surface area contributed by atoms with Crippen LogP contribution in [0, 0.1) is 6.92 Å². The third-order valence-electron chi connectivity index (χ3n) is 2.77. The average Bonchev–Trinajstić information content (AvgIpc) is 2.77. The fourth-order valence-electron chi connectivity index (χ4n) is 1.80. The molecule has 1 saturated heterocycles. The maximum Gasteiger partial charge on any atom is 0.251 e. The number of nitrogens with one attached hydrogen (secondary N) is 2. The molecule has 1 aromatic heterocycles. The first-order valence-corrected chi connectivity index (χ1v) is 5.86. The van der Waals surface area contributed by atoms with Gasteiger partial charge in [-0.3, -0.25) is 4.79 Å². The summed E-state index contributed by atoms with van der Waals surface area (Å²) in [5.74, 6) is 1.51. The minimum atomic E-state index is -0.401. The van der Waals surface area contributed by atoms with E-state index in [1.54, 1.807) is 0 Å². The molecule has 2 rings (SSSR count). The topological polar surface area (TPSA) is 63.5 Å². The van der Waals surface area contributed by atoms with Crippen molar-refractivity contribution in [2.24, 2.45) is 0 Å². The Bertz CT molecular complexity index is 383. The molecule has 1 aliphatic rings. The second-order valence-corrected chi connectivity index (χ2v) is 4.24. The van der Waals surface area contributed by atoms with Gasteiger partial charge in [0.25, 0.3) is 5.91 Å². The number of furan rings is 1. The van der Waals surface area contributed by atoms with E-state index in [9.17, 15) is 4.79 Å². The molecule has 0 radical (unpaired) electrons. The van der Waals surface area contributed by atoms with E-state index in [0.717, 1.165) is 18.1 Å². The van der Waals surface area contributed by atoms with Gasteiger partial charge in [0, 0.05) is 13.1 Å². The van der Waals surface area contributed by atoms with E-state index in [0.29, 0.717) is 13.2 Å². The minimum Gasteiger partial charge on any atom is -0.464 e. The maximum atomic E-state index is 11.9. The third-order valence-corrected chi connectivity index (χ3v) is 2.77. The van der Waals surface area contributed by atoms with Gasteiger partial charge >= 0.3 is 0 Å². The predicted octanol–water partition coefficient (Wildman–Crippen LogP) is 0.754. The number of carbonyl (C=O) groups is 1. The van der Waals surface area contributed by atoms with Crippen LogP contribution in [0.1, 0.15) is 24.5 Å². The summed E-state index contributed by atoms with van der Waals surface area (Å²) in [7, 11) is 0. The lowest BCUT2D eigenvalue weighted by Gasteiger charge is -2.24. The molecule has 0 aliphatic carbocycles. The van der Waals surface area contributed by atoms with Crippen molar-refractivity contribution in [2.75, 3.05) is 19.7 Å². The van der Waals surface area contributed by atoms with Crippen LogP contribution in [-0.4, -0.2) is 31.7 Å². The Morgan fingerprint density at radius 1 is 1.59 bits per heavy atom. The van der Waals surface area contributed by atoms with Crippen LogP contribution in [0.4, 0.5) is 0 Å². The Kier molecular flexibility index (Phi) is 3.81. The van der Waals surface area contributed by atoms with Gasteiger partial charge in [-0.2, -0.15) is 0 Å². The Labute approximate surface area is 101 Å². The monoisotopic (exact) mass is 238 g/mol. The SMILES string of the molecule is Cc1ccc(C(C)NC(=O)C2CNCCO2)o1. The molecule has 1 aromatic rings. The number of rotatable bonds is 3. The van der Waals surface area contributed by atoms with Crippen LogP contribution < -0.4 is 10.6 Å². The molecule has 5 nitrogen and oxygen atoms in total. The van der Waals surface area contributed by atoms with E-state index < -0.39 is 6.10 Å². The molecular weight excluding hydrogens is 220 g/mol. The van der Waals surface area contributed by atoms with Gasteiger partial charge in [0.15, 0.2) is 0 Å². The smallest absolute Gasteiger partial charge is 0.251 e. The second kappa shape index (κ2) is 5.33. The van der Waals surface area contributed by atoms with E-state index in [4.69, 9.17) is 9.15 Å². The number of morpholine rings is 1. The molecule has 1 fully saturated rings. The Morgan fingerprint density at radius 3 is 3.00 bits per heavy atom. The van der Waals surface area contributed by atoms with Crippen LogP contribution in [0.5, 0.6) is 0 Å². The first-order chi connectivity index (χ1) is 8.16. The second-order valence-electron chi connectivity index (χ2n) is 4.24. The van der Waals surface area contributed by atoms with Gasteiger partial charge in [0.05, 0.1) is 12.6 Å². The molecule has 0 bridgehead atoms. The lowest BCUT2D eigenvalue weighted by molar-refractivity contribution is -0.135. The van der Waals surface area contributed by atoms with Crippen LogP contribution in [0.25, 0.3) is 0 Å². The molecule has 2 atom stereocenters. The summed E-state index contributed by atoms with van der Waals surface area (Å²) in [6, 6.07) is 3.62. The van der Waals surface area contributed by atoms with Crippen molar-refractivity contribution in [1.29, 1.82) is 0 Å². The summed E-state index contributed by atoms with van der Waals surface area (Å²) < 4.78 is 10.8. The normalized spacial score (nSPS) is 22.1. The van der Waals surface area contributed by atoms with Crippen molar-refractivity contribution in [3.63, 3.8) is 0 Å². The molecule has 0 saturated carbocycles. The lowest BCUT2D eigenvalue weighted by Crippen LogP contribution is -2.48. The standard InChI is InChI=1S/C12H18N2O3/c1-8-3-4-10(17-8)9(2)14-12(15)11-7-13-5-6-16-11/h3-4,9,11,13H,5-7H2,1-2H3,(H,14,15). The van der Waals surface area contributed by atoms with Crippen LogP contribution in [0.3, 0.4) is 0 Å². The van der Waals surface area contributed by atoms with Crippen LogP contribution in [0.15, 0.2) is 16.5 Å². The number of carbonyl (C=O) groups excluding carboxylic acids is 1. The van der Waals surface area contributed by atoms with Crippen molar-refractivity contribution in [3.05, 3.63) is 23.7 Å². The van der Waals surface area contributed by atoms with Gasteiger partial charge in [-0.1, -0.05) is 0 Å². The first kappa shape index (κ1) is 12.1. The molecule has 17 heavy (non-hydrogen) atoms. The van der Waals surface area contributed by atoms with E-state index >= 15 is 0 Å². The van der Waals surface area contributed by atoms with Crippen LogP contribution >= 0.6 is 0 Å². The number of hydrogen-bond acceptors (Lipinski definition) is 4. The summed E-state index contributed by atoms with van der Waals surface area (Å²) in [5.41, 5.74) is 0. The van der Waals surface area contributed by atoms with Crippen molar-refractivity contribution >= 4 is 5.91 Å². The zero-order valence-electron chi connectivity index (χ0n) is 10.2. The highest BCUT2D eigenvalue weighted by atomic mass is 16.5. The largest absolute Gasteiger partial charge is 0.464 e. The van der Waals surface area contributed by atoms with Crippen molar-refractivity contribution in [3.8, 4) is 0 Å². The van der Waals surface area contributed by atoms with Gasteiger partial charge in [-0.15, -0.1) is 0 Å². The Balaban J connectivity index is 1.89. The minimum absolute atomic E-state index is 0.0984. The van der Waals surface area contributed by atoms with E-state index in [-0.39, 0.29) is 11.9 Å². The Hall–Kier alpha value is -1.33. The highest BCUT2D eigenvalue weighted by molar-refractivity contribution is 5.81. The highest BCUT2D eigenvalue weighted by Crippen LogP contribution is 2.15. The molecule has 1 amide bonds. The molecule has 5 heteroatoms. The molecule has 2 heterocycles. The van der Waals surface area contributed by atoms with Crippen LogP contribution in [-0.2, 0) is 9.53 Å². The Morgan fingerprint density at radius 2 is 2.41 bits per heavy atom. The first-order valence-electron chi connectivity index (χ1n) is 5.86. The van der Waals surface area contributed by atoms with Crippen molar-refractivity contribution < 1.29 is 13.9 Å². The molecule has 2 N–H and O–H groups in total. The summed E-state index contributed by atoms with van der Waals surface area (Å²) in [5, 5.41) is 6.01. The molecule has 2 unspecified atom stereocenters. The number of ether oxygens (including phenoxy) is 1. The molecule has 94 valence electrons. The maximum absolute atomic E-state index is 11.9. The third kappa shape index (κ3) is 3.08.